The number of rotatable bonds is 4. The highest BCUT2D eigenvalue weighted by atomic mass is 15.2. The molecule has 4 heteroatoms. The molecule has 9 aromatic rings. The van der Waals surface area contributed by atoms with E-state index in [4.69, 9.17) is 5.10 Å². The van der Waals surface area contributed by atoms with Gasteiger partial charge in [-0.05, 0) is 64.5 Å². The molecule has 0 saturated carbocycles. The summed E-state index contributed by atoms with van der Waals surface area (Å²) in [5.74, 6) is 0.819. The lowest BCUT2D eigenvalue weighted by molar-refractivity contribution is 1.11. The Kier molecular flexibility index (Phi) is 5.47. The van der Waals surface area contributed by atoms with Gasteiger partial charge in [-0.25, -0.2) is 0 Å². The fraction of sp³-hybridized carbons (Fsp3) is 0. The molecule has 0 aliphatic carbocycles. The van der Waals surface area contributed by atoms with E-state index in [1.54, 1.807) is 0 Å². The number of pyridine rings is 1. The number of aromatic nitrogens is 4. The van der Waals surface area contributed by atoms with Crippen LogP contribution in [0, 0.1) is 0 Å². The van der Waals surface area contributed by atoms with Gasteiger partial charge in [0.25, 0.3) is 0 Å². The molecule has 0 radical (unpaired) electrons. The van der Waals surface area contributed by atoms with Crippen molar-refractivity contribution in [1.29, 1.82) is 0 Å². The molecule has 0 spiro atoms. The van der Waals surface area contributed by atoms with E-state index < -0.39 is 0 Å². The van der Waals surface area contributed by atoms with Crippen LogP contribution in [-0.4, -0.2) is 19.2 Å². The number of para-hydroxylation sites is 2. The molecule has 0 aliphatic rings. The van der Waals surface area contributed by atoms with Gasteiger partial charge in [0.2, 0.25) is 0 Å². The Labute approximate surface area is 254 Å². The Morgan fingerprint density at radius 3 is 1.73 bits per heavy atom. The second-order valence-corrected chi connectivity index (χ2v) is 11.2. The molecule has 0 atom stereocenters. The van der Waals surface area contributed by atoms with Gasteiger partial charge in [0.15, 0.2) is 11.5 Å². The van der Waals surface area contributed by atoms with Crippen LogP contribution in [0.3, 0.4) is 0 Å². The first-order valence-electron chi connectivity index (χ1n) is 14.8. The van der Waals surface area contributed by atoms with Gasteiger partial charge in [-0.1, -0.05) is 109 Å². The highest BCUT2D eigenvalue weighted by molar-refractivity contribution is 6.09. The van der Waals surface area contributed by atoms with E-state index in [0.29, 0.717) is 0 Å². The van der Waals surface area contributed by atoms with E-state index in [1.807, 2.05) is 0 Å². The second kappa shape index (κ2) is 9.79. The number of nitrogens with zero attached hydrogens (tertiary/aromatic N) is 4. The Morgan fingerprint density at radius 1 is 0.409 bits per heavy atom. The molecule has 0 amide bonds. The molecule has 3 heterocycles. The normalized spacial score (nSPS) is 11.6. The third kappa shape index (κ3) is 3.78. The van der Waals surface area contributed by atoms with E-state index in [9.17, 15) is 0 Å². The maximum Gasteiger partial charge on any atom is 0.169 e. The van der Waals surface area contributed by atoms with E-state index in [2.05, 4.69) is 172 Å². The van der Waals surface area contributed by atoms with Gasteiger partial charge >= 0.3 is 0 Å². The Balaban J connectivity index is 1.20. The zero-order valence-electron chi connectivity index (χ0n) is 23.8. The second-order valence-electron chi connectivity index (χ2n) is 11.2. The third-order valence-corrected chi connectivity index (χ3v) is 8.66. The zero-order chi connectivity index (χ0) is 29.0. The SMILES string of the molecule is c1ccc(-c2cccc(-c3cn4c(-c5ccc(-n6c7ccccc7c7ccccc76)cc5)nnc4c4ccccc34)c2)cc1. The van der Waals surface area contributed by atoms with Crippen LogP contribution < -0.4 is 0 Å². The van der Waals surface area contributed by atoms with Crippen molar-refractivity contribution in [2.24, 2.45) is 0 Å². The maximum absolute atomic E-state index is 4.71. The minimum Gasteiger partial charge on any atom is -0.309 e. The van der Waals surface area contributed by atoms with Gasteiger partial charge in [0, 0.05) is 39.2 Å². The number of hydrogen-bond donors (Lipinski definition) is 0. The molecule has 0 fully saturated rings. The molecule has 9 rings (SSSR count). The van der Waals surface area contributed by atoms with Crippen LogP contribution in [0.4, 0.5) is 0 Å². The van der Waals surface area contributed by atoms with Crippen molar-refractivity contribution in [2.75, 3.05) is 0 Å². The van der Waals surface area contributed by atoms with Gasteiger partial charge in [-0.15, -0.1) is 10.2 Å². The first-order chi connectivity index (χ1) is 21.8. The van der Waals surface area contributed by atoms with Crippen molar-refractivity contribution < 1.29 is 0 Å². The first kappa shape index (κ1) is 24.6. The van der Waals surface area contributed by atoms with Crippen LogP contribution >= 0.6 is 0 Å². The molecule has 0 unspecified atom stereocenters. The average molecular weight is 563 g/mol. The van der Waals surface area contributed by atoms with Crippen LogP contribution in [0.2, 0.25) is 0 Å². The highest BCUT2D eigenvalue weighted by Gasteiger charge is 2.16. The predicted octanol–water partition coefficient (Wildman–Crippen LogP) is 9.98. The lowest BCUT2D eigenvalue weighted by Crippen LogP contribution is -1.96. The number of fused-ring (bicyclic) bond motifs is 6. The minimum absolute atomic E-state index is 0.819. The van der Waals surface area contributed by atoms with Crippen LogP contribution in [0.25, 0.3) is 77.6 Å². The molecular weight excluding hydrogens is 536 g/mol. The first-order valence-corrected chi connectivity index (χ1v) is 14.8. The Bertz CT molecular complexity index is 2430. The highest BCUT2D eigenvalue weighted by Crippen LogP contribution is 2.36. The summed E-state index contributed by atoms with van der Waals surface area (Å²) in [5.41, 5.74) is 10.1. The summed E-state index contributed by atoms with van der Waals surface area (Å²) in [6.45, 7) is 0. The summed E-state index contributed by atoms with van der Waals surface area (Å²) >= 11 is 0. The van der Waals surface area contributed by atoms with Gasteiger partial charge in [0.1, 0.15) is 0 Å². The largest absolute Gasteiger partial charge is 0.309 e. The van der Waals surface area contributed by atoms with Crippen molar-refractivity contribution in [2.45, 2.75) is 0 Å². The zero-order valence-corrected chi connectivity index (χ0v) is 23.8. The summed E-state index contributed by atoms with van der Waals surface area (Å²) < 4.78 is 4.48. The molecule has 4 nitrogen and oxygen atoms in total. The van der Waals surface area contributed by atoms with Crippen molar-refractivity contribution in [3.05, 3.63) is 158 Å². The fourth-order valence-electron chi connectivity index (χ4n) is 6.59. The van der Waals surface area contributed by atoms with Crippen molar-refractivity contribution >= 4 is 38.2 Å². The van der Waals surface area contributed by atoms with Crippen LogP contribution in [0.1, 0.15) is 0 Å². The topological polar surface area (TPSA) is 35.1 Å². The molecule has 3 aromatic heterocycles. The predicted molar refractivity (Wildman–Crippen MR) is 181 cm³/mol. The van der Waals surface area contributed by atoms with E-state index in [0.717, 1.165) is 44.6 Å². The third-order valence-electron chi connectivity index (χ3n) is 8.66. The van der Waals surface area contributed by atoms with Crippen LogP contribution in [0.15, 0.2) is 158 Å². The van der Waals surface area contributed by atoms with E-state index in [-0.39, 0.29) is 0 Å². The van der Waals surface area contributed by atoms with E-state index >= 15 is 0 Å². The summed E-state index contributed by atoms with van der Waals surface area (Å²) in [4.78, 5) is 0. The summed E-state index contributed by atoms with van der Waals surface area (Å²) in [6.07, 6.45) is 2.19. The van der Waals surface area contributed by atoms with Crippen molar-refractivity contribution in [3.63, 3.8) is 0 Å². The van der Waals surface area contributed by atoms with Crippen molar-refractivity contribution in [1.82, 2.24) is 19.2 Å². The molecule has 6 aromatic carbocycles. The minimum atomic E-state index is 0.819. The van der Waals surface area contributed by atoms with Gasteiger partial charge < -0.3 is 4.57 Å². The standard InChI is InChI=1S/C40H26N4/c1-2-11-27(12-3-1)29-13-10-14-30(25-29)36-26-43-39(41-42-40(43)35-18-5-4-15-32(35)36)28-21-23-31(24-22-28)44-37-19-8-6-16-33(37)34-17-7-9-20-38(34)44/h1-26H. The summed E-state index contributed by atoms with van der Waals surface area (Å²) in [6, 6.07) is 53.6. The lowest BCUT2D eigenvalue weighted by atomic mass is 9.96. The molecule has 44 heavy (non-hydrogen) atoms. The van der Waals surface area contributed by atoms with Gasteiger partial charge in [0.05, 0.1) is 11.0 Å². The molecule has 0 bridgehead atoms. The van der Waals surface area contributed by atoms with E-state index in [1.165, 1.54) is 32.9 Å². The quantitative estimate of drug-likeness (QED) is 0.214. The van der Waals surface area contributed by atoms with Crippen LogP contribution in [0.5, 0.6) is 0 Å². The Morgan fingerprint density at radius 2 is 1.00 bits per heavy atom. The number of hydrogen-bond acceptors (Lipinski definition) is 2. The lowest BCUT2D eigenvalue weighted by Gasteiger charge is -2.12. The average Bonchev–Trinajstić information content (AvgIpc) is 3.68. The van der Waals surface area contributed by atoms with Crippen LogP contribution in [-0.2, 0) is 0 Å². The monoisotopic (exact) mass is 562 g/mol. The molecule has 0 saturated heterocycles. The fourth-order valence-corrected chi connectivity index (χ4v) is 6.59. The maximum atomic E-state index is 4.71. The Hall–Kier alpha value is -6.00. The van der Waals surface area contributed by atoms with Gasteiger partial charge in [-0.2, -0.15) is 0 Å². The molecule has 206 valence electrons. The molecule has 0 aliphatic heterocycles. The smallest absolute Gasteiger partial charge is 0.169 e. The molecular formula is C40H26N4. The summed E-state index contributed by atoms with van der Waals surface area (Å²) in [5, 5.41) is 14.1. The summed E-state index contributed by atoms with van der Waals surface area (Å²) in [7, 11) is 0. The van der Waals surface area contributed by atoms with Crippen molar-refractivity contribution in [3.8, 4) is 39.3 Å². The number of benzene rings is 6. The van der Waals surface area contributed by atoms with Gasteiger partial charge in [-0.3, -0.25) is 4.40 Å². The molecule has 0 N–H and O–H groups in total.